The van der Waals surface area contributed by atoms with Crippen molar-refractivity contribution in [2.45, 2.75) is 61.4 Å². The van der Waals surface area contributed by atoms with Crippen LogP contribution in [0.4, 0.5) is 28.4 Å². The molecule has 0 amide bonds. The molecule has 0 spiro atoms. The number of hydrogen-bond acceptors (Lipinski definition) is 3. The molecule has 4 aliphatic rings. The minimum absolute atomic E-state index is 0.0835. The lowest BCUT2D eigenvalue weighted by Crippen LogP contribution is -2.37. The Labute approximate surface area is 460 Å². The van der Waals surface area contributed by atoms with Gasteiger partial charge in [0.05, 0.1) is 35.6 Å². The SMILES string of the molecule is [C-]#[N+]c1cccc(N(C2=C3C=CC4=C5C(=CC=C(C=C2)C35)C(N(c2cccc(C#N)c2)c2ccc(-c3cccc(C)c3C)cc2-c2cccc(C)c2C)C=C4)c2ccc(-c3cccc(C)c3C)cc2-c2cccc(C)c2C)c1. The summed E-state index contributed by atoms with van der Waals surface area (Å²) in [6, 6.07) is 58.6. The Morgan fingerprint density at radius 1 is 0.487 bits per heavy atom. The fourth-order valence-electron chi connectivity index (χ4n) is 12.3. The van der Waals surface area contributed by atoms with Crippen LogP contribution in [0.2, 0.25) is 0 Å². The molecule has 0 saturated carbocycles. The van der Waals surface area contributed by atoms with Crippen molar-refractivity contribution in [1.29, 1.82) is 5.26 Å². The van der Waals surface area contributed by atoms with Crippen molar-refractivity contribution < 1.29 is 0 Å². The third-order valence-corrected chi connectivity index (χ3v) is 17.1. The fraction of sp³-hybridized carbons (Fsp3) is 0.135. The molecular formula is C74H60N4. The summed E-state index contributed by atoms with van der Waals surface area (Å²) in [7, 11) is 0. The maximum atomic E-state index is 10.4. The Kier molecular flexibility index (Phi) is 12.6. The van der Waals surface area contributed by atoms with Crippen LogP contribution in [0.15, 0.2) is 240 Å². The van der Waals surface area contributed by atoms with E-state index in [1.165, 1.54) is 94.6 Å². The van der Waals surface area contributed by atoms with E-state index in [0.29, 0.717) is 11.3 Å². The van der Waals surface area contributed by atoms with E-state index in [4.69, 9.17) is 6.57 Å². The molecule has 4 heteroatoms. The molecule has 8 aromatic carbocycles. The van der Waals surface area contributed by atoms with Gasteiger partial charge in [-0.3, -0.25) is 0 Å². The number of anilines is 4. The zero-order chi connectivity index (χ0) is 53.9. The van der Waals surface area contributed by atoms with Crippen LogP contribution in [-0.4, -0.2) is 6.04 Å². The number of aryl methyl sites for hydroxylation is 4. The third kappa shape index (κ3) is 8.39. The van der Waals surface area contributed by atoms with E-state index in [1.807, 2.05) is 36.4 Å². The Morgan fingerprint density at radius 2 is 1.04 bits per heavy atom. The zero-order valence-corrected chi connectivity index (χ0v) is 45.6. The molecule has 0 aliphatic heterocycles. The molecule has 0 radical (unpaired) electrons. The zero-order valence-electron chi connectivity index (χ0n) is 45.6. The molecule has 4 nitrogen and oxygen atoms in total. The topological polar surface area (TPSA) is 34.6 Å². The molecule has 4 aliphatic carbocycles. The van der Waals surface area contributed by atoms with Gasteiger partial charge in [-0.15, -0.1) is 0 Å². The van der Waals surface area contributed by atoms with Crippen LogP contribution < -0.4 is 9.80 Å². The molecule has 78 heavy (non-hydrogen) atoms. The molecular weight excluding hydrogens is 945 g/mol. The van der Waals surface area contributed by atoms with Crippen LogP contribution in [0.1, 0.15) is 50.1 Å². The van der Waals surface area contributed by atoms with E-state index in [9.17, 15) is 5.26 Å². The van der Waals surface area contributed by atoms with Crippen molar-refractivity contribution >= 4 is 28.4 Å². The van der Waals surface area contributed by atoms with Crippen molar-refractivity contribution in [2.75, 3.05) is 9.80 Å². The first-order valence-corrected chi connectivity index (χ1v) is 27.0. The predicted octanol–water partition coefficient (Wildman–Crippen LogP) is 19.3. The van der Waals surface area contributed by atoms with Gasteiger partial charge in [-0.2, -0.15) is 5.26 Å². The van der Waals surface area contributed by atoms with Crippen molar-refractivity contribution in [3.05, 3.63) is 301 Å². The summed E-state index contributed by atoms with van der Waals surface area (Å²) < 4.78 is 0. The number of allylic oxidation sites excluding steroid dienone is 10. The second kappa shape index (κ2) is 19.9. The van der Waals surface area contributed by atoms with Crippen molar-refractivity contribution in [1.82, 2.24) is 0 Å². The maximum absolute atomic E-state index is 10.4. The largest absolute Gasteiger partial charge is 0.330 e. The third-order valence-electron chi connectivity index (χ3n) is 17.1. The molecule has 376 valence electrons. The van der Waals surface area contributed by atoms with Crippen molar-refractivity contribution in [2.24, 2.45) is 5.92 Å². The van der Waals surface area contributed by atoms with Crippen molar-refractivity contribution in [3.8, 4) is 50.6 Å². The fourth-order valence-corrected chi connectivity index (χ4v) is 12.3. The highest BCUT2D eigenvalue weighted by Crippen LogP contribution is 2.54. The van der Waals surface area contributed by atoms with E-state index in [2.05, 4.69) is 246 Å². The van der Waals surface area contributed by atoms with Crippen LogP contribution >= 0.6 is 0 Å². The lowest BCUT2D eigenvalue weighted by molar-refractivity contribution is 0.773. The van der Waals surface area contributed by atoms with Gasteiger partial charge in [-0.05, 0) is 222 Å². The van der Waals surface area contributed by atoms with Gasteiger partial charge in [0.25, 0.3) is 0 Å². The van der Waals surface area contributed by atoms with E-state index in [0.717, 1.165) is 50.7 Å². The van der Waals surface area contributed by atoms with E-state index in [1.54, 1.807) is 0 Å². The quantitative estimate of drug-likeness (QED) is 0.128. The molecule has 0 aromatic heterocycles. The monoisotopic (exact) mass is 1000 g/mol. The number of nitriles is 1. The first-order chi connectivity index (χ1) is 37.9. The van der Waals surface area contributed by atoms with Crippen molar-refractivity contribution in [3.63, 3.8) is 0 Å². The first-order valence-electron chi connectivity index (χ1n) is 27.0. The highest BCUT2D eigenvalue weighted by Gasteiger charge is 2.41. The van der Waals surface area contributed by atoms with Crippen LogP contribution in [-0.2, 0) is 0 Å². The number of nitrogens with zero attached hydrogens (tertiary/aromatic N) is 4. The highest BCUT2D eigenvalue weighted by atomic mass is 15.2. The Hall–Kier alpha value is -9.48. The Morgan fingerprint density at radius 3 is 1.65 bits per heavy atom. The van der Waals surface area contributed by atoms with Gasteiger partial charge in [0.2, 0.25) is 0 Å². The minimum Gasteiger partial charge on any atom is -0.330 e. The van der Waals surface area contributed by atoms with Gasteiger partial charge in [0.15, 0.2) is 5.69 Å². The molecule has 0 N–H and O–H groups in total. The predicted molar refractivity (Wildman–Crippen MR) is 326 cm³/mol. The number of benzene rings is 8. The number of rotatable bonds is 10. The van der Waals surface area contributed by atoms with Gasteiger partial charge in [-0.25, -0.2) is 4.85 Å². The Balaban J connectivity index is 1.05. The average Bonchev–Trinajstić information content (AvgIpc) is 3.66. The van der Waals surface area contributed by atoms with Gasteiger partial charge >= 0.3 is 0 Å². The first kappa shape index (κ1) is 49.4. The van der Waals surface area contributed by atoms with Gasteiger partial charge in [0.1, 0.15) is 0 Å². The van der Waals surface area contributed by atoms with E-state index < -0.39 is 0 Å². The second-order valence-corrected chi connectivity index (χ2v) is 21.4. The highest BCUT2D eigenvalue weighted by molar-refractivity contribution is 5.93. The summed E-state index contributed by atoms with van der Waals surface area (Å²) in [5.41, 5.74) is 31.6. The average molecular weight is 1010 g/mol. The van der Waals surface area contributed by atoms with Gasteiger partial charge < -0.3 is 9.80 Å². The van der Waals surface area contributed by atoms with Crippen LogP contribution in [0, 0.1) is 79.2 Å². The molecule has 2 unspecified atom stereocenters. The number of hydrogen-bond donors (Lipinski definition) is 0. The summed E-state index contributed by atoms with van der Waals surface area (Å²) in [5.74, 6) is -0.0835. The Bertz CT molecular complexity index is 4170. The molecule has 0 fully saturated rings. The summed E-state index contributed by atoms with van der Waals surface area (Å²) in [6.45, 7) is 25.8. The molecule has 0 bridgehead atoms. The summed E-state index contributed by atoms with van der Waals surface area (Å²) in [5, 5.41) is 10.4. The molecule has 0 saturated heterocycles. The molecule has 8 aromatic rings. The van der Waals surface area contributed by atoms with Gasteiger partial charge in [-0.1, -0.05) is 146 Å². The standard InChI is InChI=1S/C74H60N4/c1-45-16-10-24-61(49(45)5)56-32-38-71(67(41-56)63-26-12-18-47(3)51(63)7)77(59-22-14-20-53(40-59)44-75)69-36-30-54-29-35-66-70(37-31-55-28-34-65(69)73(54)74(55)66)78(60-23-15-21-58(43-60)76-9)72-39-33-57(62-25-11-17-46(2)50(62)6)42-68(72)64-27-13-19-48(4)52(64)8/h10-43,69,74H,1-8H3. The summed E-state index contributed by atoms with van der Waals surface area (Å²) in [6.07, 6.45) is 18.5. The second-order valence-electron chi connectivity index (χ2n) is 21.4. The lowest BCUT2D eigenvalue weighted by Gasteiger charge is -2.44. The summed E-state index contributed by atoms with van der Waals surface area (Å²) >= 11 is 0. The molecule has 2 atom stereocenters. The van der Waals surface area contributed by atoms with Gasteiger partial charge in [0, 0.05) is 34.1 Å². The van der Waals surface area contributed by atoms with Crippen LogP contribution in [0.25, 0.3) is 49.4 Å². The van der Waals surface area contributed by atoms with E-state index in [-0.39, 0.29) is 12.0 Å². The minimum atomic E-state index is -0.243. The summed E-state index contributed by atoms with van der Waals surface area (Å²) in [4.78, 5) is 8.83. The van der Waals surface area contributed by atoms with E-state index >= 15 is 0 Å². The van der Waals surface area contributed by atoms with Crippen LogP contribution in [0.5, 0.6) is 0 Å². The molecule has 12 rings (SSSR count). The lowest BCUT2D eigenvalue weighted by atomic mass is 9.67. The normalized spacial score (nSPS) is 15.8. The molecule has 0 heterocycles. The smallest absolute Gasteiger partial charge is 0.189 e. The maximum Gasteiger partial charge on any atom is 0.189 e. The van der Waals surface area contributed by atoms with Crippen LogP contribution in [0.3, 0.4) is 0 Å².